The predicted molar refractivity (Wildman–Crippen MR) is 87.3 cm³/mol. The summed E-state index contributed by atoms with van der Waals surface area (Å²) >= 11 is 6.14. The van der Waals surface area contributed by atoms with Crippen LogP contribution in [0.5, 0.6) is 5.75 Å². The first-order chi connectivity index (χ1) is 10.2. The highest BCUT2D eigenvalue weighted by Gasteiger charge is 2.33. The Morgan fingerprint density at radius 1 is 1.29 bits per heavy atom. The summed E-state index contributed by atoms with van der Waals surface area (Å²) in [4.78, 5) is 0. The van der Waals surface area contributed by atoms with E-state index in [9.17, 15) is 0 Å². The number of benzene rings is 2. The first kappa shape index (κ1) is 14.4. The number of rotatable bonds is 5. The average molecular weight is 302 g/mol. The fraction of sp³-hybridized carbons (Fsp3) is 0.333. The van der Waals surface area contributed by atoms with Gasteiger partial charge in [-0.25, -0.2) is 0 Å². The van der Waals surface area contributed by atoms with Gasteiger partial charge in [0.05, 0.1) is 12.1 Å². The number of fused-ring (bicyclic) bond motifs is 1. The van der Waals surface area contributed by atoms with Gasteiger partial charge in [-0.2, -0.15) is 0 Å². The smallest absolute Gasteiger partial charge is 0.137 e. The third kappa shape index (κ3) is 2.66. The van der Waals surface area contributed by atoms with Crippen LogP contribution < -0.4 is 10.1 Å². The Balaban J connectivity index is 1.93. The second-order valence-corrected chi connectivity index (χ2v) is 5.85. The van der Waals surface area contributed by atoms with Crippen molar-refractivity contribution >= 4 is 11.6 Å². The van der Waals surface area contributed by atoms with E-state index in [4.69, 9.17) is 16.3 Å². The van der Waals surface area contributed by atoms with Gasteiger partial charge in [-0.1, -0.05) is 48.9 Å². The molecule has 2 nitrogen and oxygen atoms in total. The van der Waals surface area contributed by atoms with Crippen LogP contribution in [0.25, 0.3) is 0 Å². The lowest BCUT2D eigenvalue weighted by Crippen LogP contribution is -2.33. The van der Waals surface area contributed by atoms with E-state index in [-0.39, 0.29) is 0 Å². The standard InChI is InChI=1S/C18H20ClNO/c1-3-20-18(13-8-9-16(19)17(11-13)21-2)15-10-12-6-4-5-7-14(12)15/h4-9,11,15,18,20H,3,10H2,1-2H3. The fourth-order valence-corrected chi connectivity index (χ4v) is 3.37. The molecule has 0 heterocycles. The number of nitrogens with one attached hydrogen (secondary N) is 1. The van der Waals surface area contributed by atoms with Crippen molar-refractivity contribution in [3.05, 3.63) is 64.2 Å². The molecule has 2 unspecified atom stereocenters. The summed E-state index contributed by atoms with van der Waals surface area (Å²) < 4.78 is 5.36. The van der Waals surface area contributed by atoms with Crippen molar-refractivity contribution in [2.45, 2.75) is 25.3 Å². The van der Waals surface area contributed by atoms with E-state index < -0.39 is 0 Å². The third-order valence-electron chi connectivity index (χ3n) is 4.26. The minimum absolute atomic E-state index is 0.302. The Morgan fingerprint density at radius 3 is 2.81 bits per heavy atom. The molecule has 3 rings (SSSR count). The molecule has 110 valence electrons. The van der Waals surface area contributed by atoms with Crippen LogP contribution in [0, 0.1) is 0 Å². The topological polar surface area (TPSA) is 21.3 Å². The lowest BCUT2D eigenvalue weighted by Gasteiger charge is -2.37. The van der Waals surface area contributed by atoms with Crippen molar-refractivity contribution in [2.75, 3.05) is 13.7 Å². The Kier molecular flexibility index (Phi) is 4.18. The van der Waals surface area contributed by atoms with Gasteiger partial charge in [-0.15, -0.1) is 0 Å². The van der Waals surface area contributed by atoms with Gasteiger partial charge in [0, 0.05) is 12.0 Å². The third-order valence-corrected chi connectivity index (χ3v) is 4.57. The quantitative estimate of drug-likeness (QED) is 0.887. The van der Waals surface area contributed by atoms with E-state index in [1.165, 1.54) is 16.7 Å². The van der Waals surface area contributed by atoms with Crippen LogP contribution >= 0.6 is 11.6 Å². The molecule has 0 aromatic heterocycles. The molecule has 0 radical (unpaired) electrons. The molecule has 0 amide bonds. The van der Waals surface area contributed by atoms with Crippen molar-refractivity contribution in [3.8, 4) is 5.75 Å². The zero-order valence-corrected chi connectivity index (χ0v) is 13.2. The normalized spacial score (nSPS) is 17.8. The summed E-state index contributed by atoms with van der Waals surface area (Å²) in [5, 5.41) is 4.27. The Hall–Kier alpha value is -1.51. The van der Waals surface area contributed by atoms with Gasteiger partial charge in [-0.05, 0) is 41.8 Å². The van der Waals surface area contributed by atoms with Gasteiger partial charge in [0.1, 0.15) is 5.75 Å². The van der Waals surface area contributed by atoms with Crippen molar-refractivity contribution in [2.24, 2.45) is 0 Å². The van der Waals surface area contributed by atoms with Crippen molar-refractivity contribution in [3.63, 3.8) is 0 Å². The molecule has 0 saturated heterocycles. The van der Waals surface area contributed by atoms with E-state index in [0.717, 1.165) is 18.7 Å². The molecule has 3 heteroatoms. The first-order valence-electron chi connectivity index (χ1n) is 7.39. The molecule has 0 spiro atoms. The molecular formula is C18H20ClNO. The summed E-state index contributed by atoms with van der Waals surface area (Å²) in [5.41, 5.74) is 4.15. The molecule has 2 aromatic carbocycles. The average Bonchev–Trinajstić information content (AvgIpc) is 2.48. The molecule has 21 heavy (non-hydrogen) atoms. The molecular weight excluding hydrogens is 282 g/mol. The van der Waals surface area contributed by atoms with Crippen LogP contribution in [0.2, 0.25) is 5.02 Å². The van der Waals surface area contributed by atoms with Crippen LogP contribution in [-0.4, -0.2) is 13.7 Å². The molecule has 1 N–H and O–H groups in total. The van der Waals surface area contributed by atoms with Crippen molar-refractivity contribution in [1.29, 1.82) is 0 Å². The van der Waals surface area contributed by atoms with E-state index in [1.807, 2.05) is 6.07 Å². The summed E-state index contributed by atoms with van der Waals surface area (Å²) in [6, 6.07) is 15.1. The second-order valence-electron chi connectivity index (χ2n) is 5.44. The van der Waals surface area contributed by atoms with Crippen LogP contribution in [0.1, 0.15) is 35.6 Å². The van der Waals surface area contributed by atoms with Crippen molar-refractivity contribution < 1.29 is 4.74 Å². The summed E-state index contributed by atoms with van der Waals surface area (Å²) in [7, 11) is 1.66. The lowest BCUT2D eigenvalue weighted by molar-refractivity contribution is 0.403. The number of ether oxygens (including phenoxy) is 1. The van der Waals surface area contributed by atoms with E-state index in [0.29, 0.717) is 17.0 Å². The largest absolute Gasteiger partial charge is 0.495 e. The maximum Gasteiger partial charge on any atom is 0.137 e. The number of methoxy groups -OCH3 is 1. The van der Waals surface area contributed by atoms with Crippen LogP contribution in [-0.2, 0) is 6.42 Å². The Labute approximate surface area is 131 Å². The number of hydrogen-bond acceptors (Lipinski definition) is 2. The Bertz CT molecular complexity index is 641. The summed E-state index contributed by atoms with van der Waals surface area (Å²) in [6.07, 6.45) is 1.12. The van der Waals surface area contributed by atoms with Gasteiger partial charge in [0.25, 0.3) is 0 Å². The molecule has 1 aliphatic carbocycles. The van der Waals surface area contributed by atoms with Gasteiger partial charge in [-0.3, -0.25) is 0 Å². The monoisotopic (exact) mass is 301 g/mol. The second kappa shape index (κ2) is 6.08. The minimum atomic E-state index is 0.302. The Morgan fingerprint density at radius 2 is 2.10 bits per heavy atom. The van der Waals surface area contributed by atoms with Gasteiger partial charge < -0.3 is 10.1 Å². The molecule has 0 aliphatic heterocycles. The van der Waals surface area contributed by atoms with Gasteiger partial charge in [0.15, 0.2) is 0 Å². The molecule has 0 saturated carbocycles. The first-order valence-corrected chi connectivity index (χ1v) is 7.77. The van der Waals surface area contributed by atoms with Gasteiger partial charge in [0.2, 0.25) is 0 Å². The van der Waals surface area contributed by atoms with Crippen LogP contribution in [0.3, 0.4) is 0 Å². The predicted octanol–water partition coefficient (Wildman–Crippen LogP) is 4.34. The van der Waals surface area contributed by atoms with Crippen LogP contribution in [0.4, 0.5) is 0 Å². The maximum atomic E-state index is 6.14. The number of hydrogen-bond donors (Lipinski definition) is 1. The molecule has 1 aliphatic rings. The zero-order chi connectivity index (χ0) is 14.8. The number of halogens is 1. The fourth-order valence-electron chi connectivity index (χ4n) is 3.18. The van der Waals surface area contributed by atoms with E-state index >= 15 is 0 Å². The SMILES string of the molecule is CCNC(c1ccc(Cl)c(OC)c1)C1Cc2ccccc21. The summed E-state index contributed by atoms with van der Waals surface area (Å²) in [6.45, 7) is 3.08. The number of likely N-dealkylation sites (N-methyl/N-ethyl adjacent to an activating group) is 1. The maximum absolute atomic E-state index is 6.14. The van der Waals surface area contributed by atoms with E-state index in [1.54, 1.807) is 7.11 Å². The zero-order valence-electron chi connectivity index (χ0n) is 12.4. The van der Waals surface area contributed by atoms with Crippen LogP contribution in [0.15, 0.2) is 42.5 Å². The lowest BCUT2D eigenvalue weighted by atomic mass is 9.71. The summed E-state index contributed by atoms with van der Waals surface area (Å²) in [5.74, 6) is 1.26. The van der Waals surface area contributed by atoms with Crippen molar-refractivity contribution in [1.82, 2.24) is 5.32 Å². The highest BCUT2D eigenvalue weighted by molar-refractivity contribution is 6.32. The van der Waals surface area contributed by atoms with E-state index in [2.05, 4.69) is 48.6 Å². The molecule has 2 aromatic rings. The molecule has 0 fully saturated rings. The minimum Gasteiger partial charge on any atom is -0.495 e. The highest BCUT2D eigenvalue weighted by atomic mass is 35.5. The molecule has 0 bridgehead atoms. The van der Waals surface area contributed by atoms with Gasteiger partial charge >= 0.3 is 0 Å². The molecule has 2 atom stereocenters. The highest BCUT2D eigenvalue weighted by Crippen LogP contribution is 2.44.